The van der Waals surface area contributed by atoms with Gasteiger partial charge in [0.25, 0.3) is 5.91 Å². The van der Waals surface area contributed by atoms with Crippen molar-refractivity contribution in [3.63, 3.8) is 0 Å². The monoisotopic (exact) mass is 357 g/mol. The Morgan fingerprint density at radius 1 is 1.08 bits per heavy atom. The fraction of sp³-hybridized carbons (Fsp3) is 0.300. The summed E-state index contributed by atoms with van der Waals surface area (Å²) in [4.78, 5) is 24.9. The molecule has 6 heteroatoms. The van der Waals surface area contributed by atoms with Crippen LogP contribution in [-0.4, -0.2) is 42.1 Å². The Balaban J connectivity index is 2.01. The molecule has 0 saturated heterocycles. The van der Waals surface area contributed by atoms with Crippen LogP contribution in [-0.2, 0) is 20.9 Å². The Morgan fingerprint density at radius 2 is 1.73 bits per heavy atom. The highest BCUT2D eigenvalue weighted by Gasteiger charge is 2.24. The average Bonchev–Trinajstić information content (AvgIpc) is 2.65. The van der Waals surface area contributed by atoms with Gasteiger partial charge in [-0.1, -0.05) is 42.5 Å². The number of nitrogens with zero attached hydrogens (tertiary/aromatic N) is 1. The fourth-order valence-corrected chi connectivity index (χ4v) is 2.49. The van der Waals surface area contributed by atoms with Crippen LogP contribution in [0.3, 0.4) is 0 Å². The number of likely N-dealkylation sites (N-methyl/N-ethyl adjacent to an activating group) is 1. The summed E-state index contributed by atoms with van der Waals surface area (Å²) in [6.45, 7) is 2.33. The second kappa shape index (κ2) is 9.58. The third kappa shape index (κ3) is 5.60. The highest BCUT2D eigenvalue weighted by molar-refractivity contribution is 5.82. The molecule has 1 unspecified atom stereocenters. The van der Waals surface area contributed by atoms with Gasteiger partial charge in [-0.25, -0.2) is 4.79 Å². The molecule has 1 atom stereocenters. The molecule has 2 rings (SSSR count). The smallest absolute Gasteiger partial charge is 0.341 e. The maximum atomic E-state index is 12.8. The molecule has 0 aromatic heterocycles. The maximum absolute atomic E-state index is 12.8. The predicted octanol–water partition coefficient (Wildman–Crippen LogP) is 2.89. The van der Waals surface area contributed by atoms with Gasteiger partial charge < -0.3 is 19.5 Å². The molecular formula is C20H23NO5. The van der Waals surface area contributed by atoms with E-state index in [1.807, 2.05) is 37.3 Å². The molecule has 1 N–H and O–H groups in total. The number of ether oxygens (including phenoxy) is 2. The van der Waals surface area contributed by atoms with Crippen LogP contribution in [0.4, 0.5) is 0 Å². The number of amides is 1. The van der Waals surface area contributed by atoms with Crippen molar-refractivity contribution in [2.75, 3.05) is 20.3 Å². The van der Waals surface area contributed by atoms with Gasteiger partial charge in [-0.05, 0) is 30.2 Å². The summed E-state index contributed by atoms with van der Waals surface area (Å²) >= 11 is 0. The molecular weight excluding hydrogens is 334 g/mol. The van der Waals surface area contributed by atoms with Crippen LogP contribution >= 0.6 is 0 Å². The zero-order valence-corrected chi connectivity index (χ0v) is 14.9. The Bertz CT molecular complexity index is 715. The first-order chi connectivity index (χ1) is 12.5. The van der Waals surface area contributed by atoms with E-state index in [-0.39, 0.29) is 12.5 Å². The van der Waals surface area contributed by atoms with Gasteiger partial charge in [-0.3, -0.25) is 4.79 Å². The lowest BCUT2D eigenvalue weighted by atomic mass is 10.1. The molecule has 0 spiro atoms. The first-order valence-corrected chi connectivity index (χ1v) is 8.36. The molecule has 138 valence electrons. The standard InChI is InChI=1S/C20H23NO5/c1-3-25-19(16-7-5-4-6-8-16)20(24)21(2)13-15-9-11-17(12-10-15)26-14-18(22)23/h4-12,19H,3,13-14H2,1-2H3,(H,22,23). The molecule has 1 amide bonds. The SMILES string of the molecule is CCOC(C(=O)N(C)Cc1ccc(OCC(=O)O)cc1)c1ccccc1. The van der Waals surface area contributed by atoms with Crippen molar-refractivity contribution in [3.05, 3.63) is 65.7 Å². The number of aliphatic carboxylic acids is 1. The van der Waals surface area contributed by atoms with Crippen molar-refractivity contribution in [2.45, 2.75) is 19.6 Å². The second-order valence-electron chi connectivity index (χ2n) is 5.77. The van der Waals surface area contributed by atoms with E-state index in [1.54, 1.807) is 36.2 Å². The summed E-state index contributed by atoms with van der Waals surface area (Å²) in [6.07, 6.45) is -0.635. The number of hydrogen-bond donors (Lipinski definition) is 1. The van der Waals surface area contributed by atoms with Crippen molar-refractivity contribution in [1.29, 1.82) is 0 Å². The molecule has 0 saturated carbocycles. The van der Waals surface area contributed by atoms with Crippen molar-refractivity contribution in [2.24, 2.45) is 0 Å². The third-order valence-electron chi connectivity index (χ3n) is 3.74. The quantitative estimate of drug-likeness (QED) is 0.747. The molecule has 2 aromatic rings. The highest BCUT2D eigenvalue weighted by Crippen LogP contribution is 2.21. The van der Waals surface area contributed by atoms with Crippen LogP contribution in [0.5, 0.6) is 5.75 Å². The number of carboxylic acids is 1. The third-order valence-corrected chi connectivity index (χ3v) is 3.74. The molecule has 0 bridgehead atoms. The number of rotatable bonds is 9. The second-order valence-corrected chi connectivity index (χ2v) is 5.77. The van der Waals surface area contributed by atoms with Crippen LogP contribution in [0.1, 0.15) is 24.2 Å². The molecule has 2 aromatic carbocycles. The summed E-state index contributed by atoms with van der Waals surface area (Å²) in [5, 5.41) is 8.62. The minimum Gasteiger partial charge on any atom is -0.482 e. The molecule has 0 heterocycles. The largest absolute Gasteiger partial charge is 0.482 e. The summed E-state index contributed by atoms with van der Waals surface area (Å²) in [7, 11) is 1.73. The van der Waals surface area contributed by atoms with Crippen molar-refractivity contribution in [1.82, 2.24) is 4.90 Å². The number of benzene rings is 2. The summed E-state index contributed by atoms with van der Waals surface area (Å²) in [5.41, 5.74) is 1.73. The lowest BCUT2D eigenvalue weighted by molar-refractivity contribution is -0.143. The van der Waals surface area contributed by atoms with E-state index >= 15 is 0 Å². The molecule has 0 aliphatic carbocycles. The minimum atomic E-state index is -1.03. The van der Waals surface area contributed by atoms with Crippen molar-refractivity contribution < 1.29 is 24.2 Å². The Kier molecular flexibility index (Phi) is 7.17. The highest BCUT2D eigenvalue weighted by atomic mass is 16.5. The Hall–Kier alpha value is -2.86. The van der Waals surface area contributed by atoms with Crippen LogP contribution < -0.4 is 4.74 Å². The number of carbonyl (C=O) groups is 2. The van der Waals surface area contributed by atoms with Gasteiger partial charge in [-0.15, -0.1) is 0 Å². The van der Waals surface area contributed by atoms with Crippen LogP contribution in [0.25, 0.3) is 0 Å². The minimum absolute atomic E-state index is 0.121. The topological polar surface area (TPSA) is 76.1 Å². The molecule has 0 radical (unpaired) electrons. The number of carboxylic acid groups (broad SMARTS) is 1. The van der Waals surface area contributed by atoms with Gasteiger partial charge in [0.1, 0.15) is 5.75 Å². The van der Waals surface area contributed by atoms with E-state index in [0.717, 1.165) is 11.1 Å². The molecule has 0 aliphatic rings. The normalized spacial score (nSPS) is 11.6. The Morgan fingerprint density at radius 3 is 2.31 bits per heavy atom. The fourth-order valence-electron chi connectivity index (χ4n) is 2.49. The first-order valence-electron chi connectivity index (χ1n) is 8.36. The molecule has 0 aliphatic heterocycles. The van der Waals surface area contributed by atoms with E-state index in [2.05, 4.69) is 0 Å². The number of carbonyl (C=O) groups excluding carboxylic acids is 1. The lowest BCUT2D eigenvalue weighted by Gasteiger charge is -2.24. The van der Waals surface area contributed by atoms with E-state index in [9.17, 15) is 9.59 Å². The molecule has 6 nitrogen and oxygen atoms in total. The van der Waals surface area contributed by atoms with E-state index < -0.39 is 12.1 Å². The summed E-state index contributed by atoms with van der Waals surface area (Å²) < 4.78 is 10.8. The average molecular weight is 357 g/mol. The maximum Gasteiger partial charge on any atom is 0.341 e. The van der Waals surface area contributed by atoms with Gasteiger partial charge in [0, 0.05) is 20.2 Å². The summed E-state index contributed by atoms with van der Waals surface area (Å²) in [5.74, 6) is -0.673. The predicted molar refractivity (Wildman–Crippen MR) is 96.9 cm³/mol. The lowest BCUT2D eigenvalue weighted by Crippen LogP contribution is -2.32. The molecule has 26 heavy (non-hydrogen) atoms. The number of hydrogen-bond acceptors (Lipinski definition) is 4. The van der Waals surface area contributed by atoms with Crippen LogP contribution in [0, 0.1) is 0 Å². The first kappa shape index (κ1) is 19.5. The zero-order chi connectivity index (χ0) is 18.9. The van der Waals surface area contributed by atoms with Crippen molar-refractivity contribution in [3.8, 4) is 5.75 Å². The van der Waals surface area contributed by atoms with Gasteiger partial charge in [0.05, 0.1) is 0 Å². The van der Waals surface area contributed by atoms with E-state index in [4.69, 9.17) is 14.6 Å². The van der Waals surface area contributed by atoms with Gasteiger partial charge in [0.15, 0.2) is 12.7 Å². The zero-order valence-electron chi connectivity index (χ0n) is 14.9. The van der Waals surface area contributed by atoms with Crippen LogP contribution in [0.2, 0.25) is 0 Å². The Labute approximate surface area is 153 Å². The van der Waals surface area contributed by atoms with Crippen molar-refractivity contribution >= 4 is 11.9 Å². The van der Waals surface area contributed by atoms with E-state index in [1.165, 1.54) is 0 Å². The van der Waals surface area contributed by atoms with Crippen LogP contribution in [0.15, 0.2) is 54.6 Å². The van der Waals surface area contributed by atoms with Gasteiger partial charge in [-0.2, -0.15) is 0 Å². The van der Waals surface area contributed by atoms with E-state index in [0.29, 0.717) is 18.9 Å². The summed E-state index contributed by atoms with van der Waals surface area (Å²) in [6, 6.07) is 16.4. The molecule has 0 fully saturated rings. The van der Waals surface area contributed by atoms with Gasteiger partial charge >= 0.3 is 5.97 Å². The van der Waals surface area contributed by atoms with Gasteiger partial charge in [0.2, 0.25) is 0 Å².